The lowest BCUT2D eigenvalue weighted by molar-refractivity contribution is 0.0650. The molecule has 0 spiro atoms. The van der Waals surface area contributed by atoms with Gasteiger partial charge in [0.05, 0.1) is 26.4 Å². The van der Waals surface area contributed by atoms with Gasteiger partial charge in [0.25, 0.3) is 0 Å². The summed E-state index contributed by atoms with van der Waals surface area (Å²) in [6.45, 7) is 17.9. The van der Waals surface area contributed by atoms with Crippen LogP contribution in [0.2, 0.25) is 52.4 Å². The smallest absolute Gasteiger partial charge is 0.312 e. The second kappa shape index (κ2) is 12.1. The predicted octanol–water partition coefficient (Wildman–Crippen LogP) is 1.39. The van der Waals surface area contributed by atoms with E-state index in [-0.39, 0.29) is 23.0 Å². The Morgan fingerprint density at radius 2 is 1.23 bits per heavy atom. The maximum atomic E-state index is 8.09. The van der Waals surface area contributed by atoms with Gasteiger partial charge in [0, 0.05) is 0 Å². The molecule has 0 heterocycles. The van der Waals surface area contributed by atoms with Crippen molar-refractivity contribution in [1.29, 1.82) is 0 Å². The molecule has 0 atom stereocenters. The van der Waals surface area contributed by atoms with Gasteiger partial charge in [0.1, 0.15) is 9.76 Å². The van der Waals surface area contributed by atoms with Crippen LogP contribution >= 0.6 is 0 Å². The summed E-state index contributed by atoms with van der Waals surface area (Å²) in [5.41, 5.74) is 0. The number of rotatable bonds is 10. The van der Waals surface area contributed by atoms with Crippen LogP contribution in [-0.4, -0.2) is 71.8 Å². The fourth-order valence-electron chi connectivity index (χ4n) is 1.96. The molecule has 0 saturated heterocycles. The number of ether oxygens (including phenoxy) is 1. The molecular weight excluding hydrogens is 352 g/mol. The fourth-order valence-corrected chi connectivity index (χ4v) is 16.7. The molecule has 22 heavy (non-hydrogen) atoms. The first-order valence-electron chi connectivity index (χ1n) is 7.73. The zero-order valence-corrected chi connectivity index (χ0v) is 20.0. The first-order chi connectivity index (χ1) is 9.89. The van der Waals surface area contributed by atoms with Crippen LogP contribution in [0.4, 0.5) is 0 Å². The van der Waals surface area contributed by atoms with Gasteiger partial charge in [-0.1, -0.05) is 6.55 Å². The Morgan fingerprint density at radius 1 is 0.773 bits per heavy atom. The highest BCUT2D eigenvalue weighted by Crippen LogP contribution is 2.20. The minimum absolute atomic E-state index is 0.0278. The van der Waals surface area contributed by atoms with E-state index in [9.17, 15) is 0 Å². The molecule has 0 unspecified atom stereocenters. The lowest BCUT2D eigenvalue weighted by Crippen LogP contribution is -2.52. The van der Waals surface area contributed by atoms with Crippen molar-refractivity contribution in [3.63, 3.8) is 0 Å². The molecular formula is C12H36O6Si4. The van der Waals surface area contributed by atoms with Crippen LogP contribution in [0.15, 0.2) is 0 Å². The highest BCUT2D eigenvalue weighted by atomic mass is 28.5. The van der Waals surface area contributed by atoms with Gasteiger partial charge in [-0.3, -0.25) is 0 Å². The van der Waals surface area contributed by atoms with Crippen LogP contribution in [0.5, 0.6) is 0 Å². The average molecular weight is 389 g/mol. The molecule has 0 aliphatic heterocycles. The number of aliphatic hydroxyl groups is 2. The molecule has 0 aromatic carbocycles. The van der Waals surface area contributed by atoms with Crippen molar-refractivity contribution in [3.8, 4) is 0 Å². The third-order valence-electron chi connectivity index (χ3n) is 2.01. The van der Waals surface area contributed by atoms with Gasteiger partial charge >= 0.3 is 17.1 Å². The monoisotopic (exact) mass is 388 g/mol. The summed E-state index contributed by atoms with van der Waals surface area (Å²) >= 11 is 0. The standard InChI is InChI=1S/C8H26O3Si4.C4H10O3/c1-12-9-14(5,6)11-15(7,8)10-13(2,3)4;5-1-3-7-4-2-6/h12H2,1-8H3;5-6H,1-4H2. The molecule has 0 saturated carbocycles. The van der Waals surface area contributed by atoms with E-state index in [2.05, 4.69) is 57.1 Å². The lowest BCUT2D eigenvalue weighted by atomic mass is 10.7. The highest BCUT2D eigenvalue weighted by Gasteiger charge is 2.38. The van der Waals surface area contributed by atoms with Crippen LogP contribution < -0.4 is 0 Å². The molecule has 10 heteroatoms. The molecule has 6 nitrogen and oxygen atoms in total. The zero-order chi connectivity index (χ0) is 17.9. The third-order valence-corrected chi connectivity index (χ3v) is 14.3. The number of hydrogen-bond acceptors (Lipinski definition) is 6. The Balaban J connectivity index is 0. The van der Waals surface area contributed by atoms with Gasteiger partial charge in [-0.15, -0.1) is 0 Å². The molecule has 0 radical (unpaired) electrons. The van der Waals surface area contributed by atoms with E-state index in [1.165, 1.54) is 0 Å². The summed E-state index contributed by atoms with van der Waals surface area (Å²) in [5.74, 6) is 0. The largest absolute Gasteiger partial charge is 0.442 e. The zero-order valence-electron chi connectivity index (χ0n) is 15.6. The van der Waals surface area contributed by atoms with Crippen molar-refractivity contribution in [1.82, 2.24) is 0 Å². The molecule has 0 amide bonds. The van der Waals surface area contributed by atoms with Crippen molar-refractivity contribution < 1.29 is 27.3 Å². The Morgan fingerprint density at radius 3 is 1.55 bits per heavy atom. The second-order valence-corrected chi connectivity index (χ2v) is 19.8. The van der Waals surface area contributed by atoms with E-state index in [1.54, 1.807) is 0 Å². The van der Waals surface area contributed by atoms with Crippen molar-refractivity contribution in [2.24, 2.45) is 0 Å². The van der Waals surface area contributed by atoms with E-state index >= 15 is 0 Å². The topological polar surface area (TPSA) is 77.4 Å². The molecule has 0 bridgehead atoms. The summed E-state index contributed by atoms with van der Waals surface area (Å²) in [4.78, 5) is 0. The van der Waals surface area contributed by atoms with E-state index in [0.717, 1.165) is 0 Å². The highest BCUT2D eigenvalue weighted by molar-refractivity contribution is 6.86. The van der Waals surface area contributed by atoms with E-state index in [1.807, 2.05) is 0 Å². The van der Waals surface area contributed by atoms with E-state index < -0.39 is 25.4 Å². The number of aliphatic hydroxyl groups excluding tert-OH is 2. The van der Waals surface area contributed by atoms with E-state index in [4.69, 9.17) is 22.6 Å². The third kappa shape index (κ3) is 18.7. The van der Waals surface area contributed by atoms with Crippen LogP contribution in [-0.2, 0) is 17.1 Å². The minimum atomic E-state index is -1.99. The van der Waals surface area contributed by atoms with E-state index in [0.29, 0.717) is 13.2 Å². The SMILES string of the molecule is C[SiH2]O[Si](C)(C)O[Si](C)(C)O[Si](C)(C)C.OCCOCCO. The van der Waals surface area contributed by atoms with Crippen molar-refractivity contribution in [2.45, 2.75) is 52.4 Å². The molecule has 0 fully saturated rings. The molecule has 0 aromatic heterocycles. The molecule has 136 valence electrons. The van der Waals surface area contributed by atoms with Gasteiger partial charge < -0.3 is 27.3 Å². The van der Waals surface area contributed by atoms with Gasteiger partial charge in [-0.25, -0.2) is 0 Å². The molecule has 0 aromatic rings. The summed E-state index contributed by atoms with van der Waals surface area (Å²) < 4.78 is 22.7. The van der Waals surface area contributed by atoms with Crippen molar-refractivity contribution in [2.75, 3.05) is 26.4 Å². The van der Waals surface area contributed by atoms with Gasteiger partial charge in [-0.2, -0.15) is 0 Å². The Kier molecular flexibility index (Phi) is 13.6. The minimum Gasteiger partial charge on any atom is -0.442 e. The molecule has 0 rings (SSSR count). The molecule has 0 aliphatic rings. The Bertz CT molecular complexity index is 267. The summed E-state index contributed by atoms with van der Waals surface area (Å²) in [6, 6.07) is 0. The Hall–Kier alpha value is 0.628. The normalized spacial score (nSPS) is 13.4. The van der Waals surface area contributed by atoms with Gasteiger partial charge in [-0.05, 0) is 45.8 Å². The van der Waals surface area contributed by atoms with Gasteiger partial charge in [0.15, 0.2) is 8.32 Å². The van der Waals surface area contributed by atoms with Crippen molar-refractivity contribution in [3.05, 3.63) is 0 Å². The van der Waals surface area contributed by atoms with Crippen LogP contribution in [0.25, 0.3) is 0 Å². The summed E-state index contributed by atoms with van der Waals surface area (Å²) in [7, 11) is -5.80. The van der Waals surface area contributed by atoms with Crippen molar-refractivity contribution >= 4 is 35.2 Å². The maximum Gasteiger partial charge on any atom is 0.312 e. The summed E-state index contributed by atoms with van der Waals surface area (Å²) in [6.07, 6.45) is 0. The average Bonchev–Trinajstić information content (AvgIpc) is 2.25. The first kappa shape index (κ1) is 24.9. The quantitative estimate of drug-likeness (QED) is 0.435. The fraction of sp³-hybridized carbons (Fsp3) is 1.00. The van der Waals surface area contributed by atoms with Crippen LogP contribution in [0.1, 0.15) is 0 Å². The second-order valence-electron chi connectivity index (χ2n) is 6.61. The lowest BCUT2D eigenvalue weighted by Gasteiger charge is -2.36. The van der Waals surface area contributed by atoms with Gasteiger partial charge in [0.2, 0.25) is 0 Å². The Labute approximate surface area is 141 Å². The summed E-state index contributed by atoms with van der Waals surface area (Å²) in [5, 5.41) is 16.2. The first-order valence-corrected chi connectivity index (χ1v) is 18.8. The number of hydrogen-bond donors (Lipinski definition) is 2. The van der Waals surface area contributed by atoms with Crippen LogP contribution in [0, 0.1) is 0 Å². The predicted molar refractivity (Wildman–Crippen MR) is 101 cm³/mol. The maximum absolute atomic E-state index is 8.09. The van der Waals surface area contributed by atoms with Crippen LogP contribution in [0.3, 0.4) is 0 Å². The molecule has 0 aliphatic carbocycles. The molecule has 2 N–H and O–H groups in total.